The van der Waals surface area contributed by atoms with Gasteiger partial charge in [0, 0.05) is 18.7 Å². The molecule has 1 atom stereocenters. The number of hydrogen-bond acceptors (Lipinski definition) is 6. The number of aliphatic hydroxyl groups excluding tert-OH is 1. The number of amides is 2. The second-order valence-corrected chi connectivity index (χ2v) is 5.85. The molecule has 142 valence electrons. The lowest BCUT2D eigenvalue weighted by Crippen LogP contribution is -2.20. The van der Waals surface area contributed by atoms with E-state index >= 15 is 0 Å². The van der Waals surface area contributed by atoms with Crippen molar-refractivity contribution in [2.75, 3.05) is 10.6 Å². The summed E-state index contributed by atoms with van der Waals surface area (Å²) in [5.74, 6) is 0.290. The Morgan fingerprint density at radius 1 is 1.00 bits per heavy atom. The molecule has 1 unspecified atom stereocenters. The smallest absolute Gasteiger partial charge is 0.257 e. The van der Waals surface area contributed by atoms with Crippen LogP contribution in [-0.2, 0) is 9.59 Å². The quantitative estimate of drug-likeness (QED) is 0.608. The van der Waals surface area contributed by atoms with E-state index in [0.29, 0.717) is 22.8 Å². The fraction of sp³-hybridized carbons (Fsp3) is 0.100. The van der Waals surface area contributed by atoms with Crippen molar-refractivity contribution in [3.8, 4) is 11.6 Å². The minimum Gasteiger partial charge on any atom is -0.439 e. The summed E-state index contributed by atoms with van der Waals surface area (Å²) in [5, 5.41) is 15.3. The third kappa shape index (κ3) is 5.12. The highest BCUT2D eigenvalue weighted by molar-refractivity contribution is 5.94. The van der Waals surface area contributed by atoms with Gasteiger partial charge in [-0.2, -0.15) is 0 Å². The van der Waals surface area contributed by atoms with E-state index in [1.807, 2.05) is 6.07 Å². The van der Waals surface area contributed by atoms with Crippen LogP contribution >= 0.6 is 0 Å². The van der Waals surface area contributed by atoms with Gasteiger partial charge in [0.2, 0.25) is 11.8 Å². The van der Waals surface area contributed by atoms with E-state index in [1.54, 1.807) is 48.5 Å². The van der Waals surface area contributed by atoms with Gasteiger partial charge in [0.05, 0.1) is 0 Å². The van der Waals surface area contributed by atoms with Crippen LogP contribution in [0.4, 0.5) is 11.5 Å². The van der Waals surface area contributed by atoms with E-state index in [-0.39, 0.29) is 11.8 Å². The number of nitrogens with zero attached hydrogens (tertiary/aromatic N) is 2. The summed E-state index contributed by atoms with van der Waals surface area (Å²) in [5.41, 5.74) is 1.02. The molecule has 8 heteroatoms. The largest absolute Gasteiger partial charge is 0.439 e. The van der Waals surface area contributed by atoms with Crippen molar-refractivity contribution in [3.05, 3.63) is 72.6 Å². The number of anilines is 2. The molecule has 0 saturated carbocycles. The first-order chi connectivity index (χ1) is 13.5. The van der Waals surface area contributed by atoms with Crippen LogP contribution in [-0.4, -0.2) is 26.9 Å². The van der Waals surface area contributed by atoms with Crippen molar-refractivity contribution in [1.82, 2.24) is 9.97 Å². The molecule has 3 rings (SSSR count). The first-order valence-electron chi connectivity index (χ1n) is 8.43. The number of benzene rings is 2. The molecule has 2 aromatic carbocycles. The van der Waals surface area contributed by atoms with E-state index in [2.05, 4.69) is 20.6 Å². The molecule has 0 radical (unpaired) electrons. The maximum absolute atomic E-state index is 12.2. The maximum atomic E-state index is 12.2. The van der Waals surface area contributed by atoms with Gasteiger partial charge >= 0.3 is 0 Å². The zero-order valence-corrected chi connectivity index (χ0v) is 15.0. The average molecular weight is 378 g/mol. The van der Waals surface area contributed by atoms with Gasteiger partial charge in [-0.15, -0.1) is 0 Å². The number of rotatable bonds is 6. The first kappa shape index (κ1) is 19.0. The predicted octanol–water partition coefficient (Wildman–Crippen LogP) is 2.90. The molecule has 28 heavy (non-hydrogen) atoms. The number of aromatic nitrogens is 2. The van der Waals surface area contributed by atoms with E-state index in [9.17, 15) is 14.7 Å². The summed E-state index contributed by atoms with van der Waals surface area (Å²) in [6.07, 6.45) is 0.0190. The average Bonchev–Trinajstić information content (AvgIpc) is 2.69. The van der Waals surface area contributed by atoms with Gasteiger partial charge in [0.15, 0.2) is 6.10 Å². The van der Waals surface area contributed by atoms with E-state index in [0.717, 1.165) is 0 Å². The summed E-state index contributed by atoms with van der Waals surface area (Å²) >= 11 is 0. The molecule has 0 aliphatic rings. The maximum Gasteiger partial charge on any atom is 0.257 e. The Morgan fingerprint density at radius 2 is 1.71 bits per heavy atom. The van der Waals surface area contributed by atoms with Crippen LogP contribution in [0.1, 0.15) is 18.6 Å². The highest BCUT2D eigenvalue weighted by Gasteiger charge is 2.17. The van der Waals surface area contributed by atoms with Crippen LogP contribution in [0.2, 0.25) is 0 Å². The summed E-state index contributed by atoms with van der Waals surface area (Å²) in [7, 11) is 0. The zero-order valence-electron chi connectivity index (χ0n) is 15.0. The first-order valence-corrected chi connectivity index (χ1v) is 8.43. The van der Waals surface area contributed by atoms with Crippen LogP contribution in [0.15, 0.2) is 67.0 Å². The number of carbonyl (C=O) groups is 2. The summed E-state index contributed by atoms with van der Waals surface area (Å²) in [6.45, 7) is 1.38. The van der Waals surface area contributed by atoms with E-state index < -0.39 is 12.0 Å². The number of hydrogen-bond donors (Lipinski definition) is 3. The SMILES string of the molecule is CC(=O)Nc1cc(Oc2ccc(NC(=O)C(O)c3ccccc3)cc2)ncn1. The van der Waals surface area contributed by atoms with Gasteiger partial charge in [-0.1, -0.05) is 30.3 Å². The van der Waals surface area contributed by atoms with Gasteiger partial charge in [-0.3, -0.25) is 9.59 Å². The number of carbonyl (C=O) groups excluding carboxylic acids is 2. The van der Waals surface area contributed by atoms with Crippen LogP contribution in [0, 0.1) is 0 Å². The Morgan fingerprint density at radius 3 is 2.39 bits per heavy atom. The second kappa shape index (κ2) is 8.74. The normalized spacial score (nSPS) is 11.4. The van der Waals surface area contributed by atoms with E-state index in [1.165, 1.54) is 19.3 Å². The molecule has 0 aliphatic carbocycles. The predicted molar refractivity (Wildman–Crippen MR) is 103 cm³/mol. The lowest BCUT2D eigenvalue weighted by Gasteiger charge is -2.12. The summed E-state index contributed by atoms with van der Waals surface area (Å²) in [4.78, 5) is 31.2. The summed E-state index contributed by atoms with van der Waals surface area (Å²) in [6, 6.07) is 16.7. The molecule has 3 N–H and O–H groups in total. The van der Waals surface area contributed by atoms with Crippen molar-refractivity contribution < 1.29 is 19.4 Å². The standard InChI is InChI=1S/C20H18N4O4/c1-13(25)23-17-11-18(22-12-21-17)28-16-9-7-15(8-10-16)24-20(27)19(26)14-5-3-2-4-6-14/h2-12,19,26H,1H3,(H,24,27)(H,21,22,23,25). The lowest BCUT2D eigenvalue weighted by molar-refractivity contribution is -0.124. The third-order valence-electron chi connectivity index (χ3n) is 3.65. The van der Waals surface area contributed by atoms with Crippen LogP contribution in [0.5, 0.6) is 11.6 Å². The van der Waals surface area contributed by atoms with Crippen molar-refractivity contribution in [2.45, 2.75) is 13.0 Å². The molecule has 3 aromatic rings. The Labute approximate surface area is 161 Å². The lowest BCUT2D eigenvalue weighted by atomic mass is 10.1. The minimum absolute atomic E-state index is 0.248. The summed E-state index contributed by atoms with van der Waals surface area (Å²) < 4.78 is 5.61. The van der Waals surface area contributed by atoms with Gasteiger partial charge < -0.3 is 20.5 Å². The number of aliphatic hydroxyl groups is 1. The highest BCUT2D eigenvalue weighted by atomic mass is 16.5. The molecule has 1 aromatic heterocycles. The molecule has 0 aliphatic heterocycles. The van der Waals surface area contributed by atoms with Crippen molar-refractivity contribution in [2.24, 2.45) is 0 Å². The molecular weight excluding hydrogens is 360 g/mol. The Balaban J connectivity index is 1.62. The van der Waals surface area contributed by atoms with Crippen LogP contribution < -0.4 is 15.4 Å². The molecule has 8 nitrogen and oxygen atoms in total. The fourth-order valence-corrected chi connectivity index (χ4v) is 2.37. The second-order valence-electron chi connectivity index (χ2n) is 5.85. The number of ether oxygens (including phenoxy) is 1. The third-order valence-corrected chi connectivity index (χ3v) is 3.65. The number of nitrogens with one attached hydrogen (secondary N) is 2. The van der Waals surface area contributed by atoms with Gasteiger partial charge in [-0.25, -0.2) is 9.97 Å². The zero-order chi connectivity index (χ0) is 19.9. The van der Waals surface area contributed by atoms with Crippen molar-refractivity contribution >= 4 is 23.3 Å². The van der Waals surface area contributed by atoms with Crippen LogP contribution in [0.25, 0.3) is 0 Å². The molecular formula is C20H18N4O4. The van der Waals surface area contributed by atoms with Gasteiger partial charge in [0.1, 0.15) is 17.9 Å². The van der Waals surface area contributed by atoms with Gasteiger partial charge in [0.25, 0.3) is 5.91 Å². The molecule has 0 saturated heterocycles. The molecule has 1 heterocycles. The fourth-order valence-electron chi connectivity index (χ4n) is 2.37. The molecule has 2 amide bonds. The monoisotopic (exact) mass is 378 g/mol. The van der Waals surface area contributed by atoms with Crippen LogP contribution in [0.3, 0.4) is 0 Å². The molecule has 0 fully saturated rings. The molecule has 0 spiro atoms. The van der Waals surface area contributed by atoms with Crippen molar-refractivity contribution in [3.63, 3.8) is 0 Å². The van der Waals surface area contributed by atoms with Crippen molar-refractivity contribution in [1.29, 1.82) is 0 Å². The molecule has 0 bridgehead atoms. The Hall–Kier alpha value is -3.78. The topological polar surface area (TPSA) is 113 Å². The minimum atomic E-state index is -1.26. The van der Waals surface area contributed by atoms with Gasteiger partial charge in [-0.05, 0) is 29.8 Å². The van der Waals surface area contributed by atoms with E-state index in [4.69, 9.17) is 4.74 Å². The Kier molecular flexibility index (Phi) is 5.93. The highest BCUT2D eigenvalue weighted by Crippen LogP contribution is 2.23. The Bertz CT molecular complexity index is 961.